The van der Waals surface area contributed by atoms with Gasteiger partial charge in [0.15, 0.2) is 11.5 Å². The smallest absolute Gasteiger partial charge is 0.226 e. The van der Waals surface area contributed by atoms with Gasteiger partial charge in [-0.15, -0.1) is 0 Å². The highest BCUT2D eigenvalue weighted by atomic mass is 15.2. The molecular weight excluding hydrogens is 266 g/mol. The van der Waals surface area contributed by atoms with Gasteiger partial charge < -0.3 is 15.2 Å². The van der Waals surface area contributed by atoms with Crippen molar-refractivity contribution in [2.24, 2.45) is 0 Å². The number of H-pyrrole nitrogens is 1. The van der Waals surface area contributed by atoms with Crippen LogP contribution in [0, 0.1) is 0 Å². The highest BCUT2D eigenvalue weighted by molar-refractivity contribution is 5.84. The molecule has 21 heavy (non-hydrogen) atoms. The average molecular weight is 283 g/mol. The van der Waals surface area contributed by atoms with Gasteiger partial charge in [0.05, 0.1) is 6.33 Å². The minimum Gasteiger partial charge on any atom is -0.354 e. The molecule has 3 rings (SSSR count). The first-order chi connectivity index (χ1) is 10.3. The Bertz CT molecular complexity index is 723. The first-order valence-corrected chi connectivity index (χ1v) is 6.83. The van der Waals surface area contributed by atoms with Crippen LogP contribution in [0.25, 0.3) is 11.2 Å². The summed E-state index contributed by atoms with van der Waals surface area (Å²) in [5.41, 5.74) is 2.68. The topological polar surface area (TPSA) is 82.6 Å². The normalized spacial score (nSPS) is 10.8. The maximum absolute atomic E-state index is 4.58. The van der Waals surface area contributed by atoms with Crippen LogP contribution in [0.5, 0.6) is 0 Å². The summed E-state index contributed by atoms with van der Waals surface area (Å²) in [5, 5.41) is 3.14. The van der Waals surface area contributed by atoms with E-state index >= 15 is 0 Å². The average Bonchev–Trinajstić information content (AvgIpc) is 2.96. The predicted octanol–water partition coefficient (Wildman–Crippen LogP) is 1.82. The van der Waals surface area contributed by atoms with Crippen LogP contribution in [0.3, 0.4) is 0 Å². The summed E-state index contributed by atoms with van der Waals surface area (Å²) in [6, 6.07) is 3.99. The van der Waals surface area contributed by atoms with Gasteiger partial charge in [0.25, 0.3) is 0 Å². The van der Waals surface area contributed by atoms with Gasteiger partial charge >= 0.3 is 0 Å². The maximum atomic E-state index is 4.58. The van der Waals surface area contributed by atoms with Crippen LogP contribution in [0.4, 0.5) is 11.8 Å². The summed E-state index contributed by atoms with van der Waals surface area (Å²) < 4.78 is 0. The fraction of sp³-hybridized carbons (Fsp3) is 0.286. The molecule has 0 aliphatic rings. The Balaban J connectivity index is 1.96. The Morgan fingerprint density at radius 2 is 2.05 bits per heavy atom. The molecule has 3 aromatic rings. The van der Waals surface area contributed by atoms with Crippen LogP contribution in [0.15, 0.2) is 30.9 Å². The molecule has 0 atom stereocenters. The zero-order chi connectivity index (χ0) is 14.7. The molecule has 7 heteroatoms. The molecular formula is C14H17N7. The number of nitrogens with zero attached hydrogens (tertiary/aromatic N) is 5. The van der Waals surface area contributed by atoms with Gasteiger partial charge in [-0.25, -0.2) is 4.98 Å². The standard InChI is InChI=1S/C14H17N7/c1-3-16-14-19-12-11(17-9-18-12)13(20-14)21(2)8-10-4-6-15-7-5-10/h4-7,9H,3,8H2,1-2H3,(H2,16,17,18,19,20). The largest absolute Gasteiger partial charge is 0.354 e. The van der Waals surface area contributed by atoms with E-state index in [0.29, 0.717) is 11.6 Å². The van der Waals surface area contributed by atoms with Crippen LogP contribution in [-0.2, 0) is 6.54 Å². The van der Waals surface area contributed by atoms with Crippen molar-refractivity contribution in [1.82, 2.24) is 24.9 Å². The lowest BCUT2D eigenvalue weighted by Crippen LogP contribution is -2.19. The third-order valence-corrected chi connectivity index (χ3v) is 3.13. The van der Waals surface area contributed by atoms with Crippen molar-refractivity contribution in [3.05, 3.63) is 36.4 Å². The minimum absolute atomic E-state index is 0.591. The zero-order valence-corrected chi connectivity index (χ0v) is 12.0. The Morgan fingerprint density at radius 1 is 1.24 bits per heavy atom. The van der Waals surface area contributed by atoms with Gasteiger partial charge in [0, 0.05) is 32.5 Å². The number of rotatable bonds is 5. The van der Waals surface area contributed by atoms with Crippen molar-refractivity contribution < 1.29 is 0 Å². The third-order valence-electron chi connectivity index (χ3n) is 3.13. The molecule has 0 spiro atoms. The van der Waals surface area contributed by atoms with E-state index in [9.17, 15) is 0 Å². The highest BCUT2D eigenvalue weighted by Gasteiger charge is 2.13. The molecule has 3 heterocycles. The van der Waals surface area contributed by atoms with Crippen LogP contribution in [-0.4, -0.2) is 38.5 Å². The molecule has 0 aliphatic carbocycles. The first-order valence-electron chi connectivity index (χ1n) is 6.83. The quantitative estimate of drug-likeness (QED) is 0.743. The lowest BCUT2D eigenvalue weighted by atomic mass is 10.2. The molecule has 2 N–H and O–H groups in total. The molecule has 0 saturated carbocycles. The highest BCUT2D eigenvalue weighted by Crippen LogP contribution is 2.22. The molecule has 0 unspecified atom stereocenters. The molecule has 0 fully saturated rings. The first kappa shape index (κ1) is 13.3. The van der Waals surface area contributed by atoms with Gasteiger partial charge in [-0.2, -0.15) is 9.97 Å². The van der Waals surface area contributed by atoms with E-state index < -0.39 is 0 Å². The van der Waals surface area contributed by atoms with E-state index in [1.165, 1.54) is 5.56 Å². The summed E-state index contributed by atoms with van der Waals surface area (Å²) in [7, 11) is 2.00. The number of anilines is 2. The van der Waals surface area contributed by atoms with Gasteiger partial charge in [-0.05, 0) is 24.6 Å². The number of imidazole rings is 1. The van der Waals surface area contributed by atoms with Crippen molar-refractivity contribution in [3.8, 4) is 0 Å². The van der Waals surface area contributed by atoms with Crippen molar-refractivity contribution in [3.63, 3.8) is 0 Å². The second-order valence-electron chi connectivity index (χ2n) is 4.71. The summed E-state index contributed by atoms with van der Waals surface area (Å²) in [6.45, 7) is 3.51. The van der Waals surface area contributed by atoms with Crippen molar-refractivity contribution in [2.45, 2.75) is 13.5 Å². The van der Waals surface area contributed by atoms with Crippen LogP contribution >= 0.6 is 0 Å². The Morgan fingerprint density at radius 3 is 2.81 bits per heavy atom. The van der Waals surface area contributed by atoms with E-state index in [0.717, 1.165) is 24.4 Å². The fourth-order valence-electron chi connectivity index (χ4n) is 2.17. The number of aromatic amines is 1. The second kappa shape index (κ2) is 5.74. The SMILES string of the molecule is CCNc1nc(N(C)Cc2ccncc2)c2[nH]cnc2n1. The molecule has 3 aromatic heterocycles. The second-order valence-corrected chi connectivity index (χ2v) is 4.71. The lowest BCUT2D eigenvalue weighted by molar-refractivity contribution is 0.895. The van der Waals surface area contributed by atoms with E-state index in [1.807, 2.05) is 26.1 Å². The zero-order valence-electron chi connectivity index (χ0n) is 12.0. The fourth-order valence-corrected chi connectivity index (χ4v) is 2.17. The molecule has 0 aliphatic heterocycles. The number of pyridine rings is 1. The lowest BCUT2D eigenvalue weighted by Gasteiger charge is -2.19. The van der Waals surface area contributed by atoms with Gasteiger partial charge in [0.2, 0.25) is 5.95 Å². The van der Waals surface area contributed by atoms with Crippen LogP contribution in [0.2, 0.25) is 0 Å². The number of aromatic nitrogens is 5. The third kappa shape index (κ3) is 2.76. The molecule has 0 aromatic carbocycles. The summed E-state index contributed by atoms with van der Waals surface area (Å²) in [6.07, 6.45) is 5.22. The van der Waals surface area contributed by atoms with Gasteiger partial charge in [0.1, 0.15) is 5.52 Å². The summed E-state index contributed by atoms with van der Waals surface area (Å²) >= 11 is 0. The molecule has 0 radical (unpaired) electrons. The predicted molar refractivity (Wildman–Crippen MR) is 82.2 cm³/mol. The molecule has 0 saturated heterocycles. The Hall–Kier alpha value is -2.70. The van der Waals surface area contributed by atoms with E-state index in [2.05, 4.69) is 35.1 Å². The summed E-state index contributed by atoms with van der Waals surface area (Å²) in [5.74, 6) is 1.42. The number of hydrogen-bond donors (Lipinski definition) is 2. The van der Waals surface area contributed by atoms with Crippen LogP contribution < -0.4 is 10.2 Å². The van der Waals surface area contributed by atoms with Gasteiger partial charge in [-0.3, -0.25) is 4.98 Å². The number of hydrogen-bond acceptors (Lipinski definition) is 6. The molecule has 7 nitrogen and oxygen atoms in total. The Kier molecular flexibility index (Phi) is 3.63. The minimum atomic E-state index is 0.591. The maximum Gasteiger partial charge on any atom is 0.226 e. The molecule has 0 amide bonds. The molecule has 108 valence electrons. The van der Waals surface area contributed by atoms with Crippen molar-refractivity contribution in [2.75, 3.05) is 23.8 Å². The molecule has 0 bridgehead atoms. The van der Waals surface area contributed by atoms with Crippen molar-refractivity contribution >= 4 is 22.9 Å². The summed E-state index contributed by atoms with van der Waals surface area (Å²) in [4.78, 5) is 22.4. The van der Waals surface area contributed by atoms with Crippen LogP contribution in [0.1, 0.15) is 12.5 Å². The van der Waals surface area contributed by atoms with E-state index in [-0.39, 0.29) is 0 Å². The van der Waals surface area contributed by atoms with Crippen molar-refractivity contribution in [1.29, 1.82) is 0 Å². The monoisotopic (exact) mass is 283 g/mol. The number of fused-ring (bicyclic) bond motifs is 1. The van der Waals surface area contributed by atoms with E-state index in [1.54, 1.807) is 18.7 Å². The van der Waals surface area contributed by atoms with E-state index in [4.69, 9.17) is 0 Å². The number of nitrogens with one attached hydrogen (secondary N) is 2. The van der Waals surface area contributed by atoms with Gasteiger partial charge in [-0.1, -0.05) is 0 Å². The Labute approximate surface area is 122 Å².